The Hall–Kier alpha value is -2.63. The van der Waals surface area contributed by atoms with Crippen LogP contribution in [0.25, 0.3) is 10.9 Å². The van der Waals surface area contributed by atoms with E-state index in [0.717, 1.165) is 48.5 Å². The molecule has 0 radical (unpaired) electrons. The molecule has 0 unspecified atom stereocenters. The van der Waals surface area contributed by atoms with Gasteiger partial charge in [0.25, 0.3) is 0 Å². The minimum Gasteiger partial charge on any atom is -0.378 e. The number of aromatic nitrogens is 1. The molecule has 3 aromatic rings. The third-order valence-electron chi connectivity index (χ3n) is 4.37. The maximum Gasteiger partial charge on any atom is 0.0738 e. The molecule has 0 spiro atoms. The van der Waals surface area contributed by atoms with Gasteiger partial charge in [0.2, 0.25) is 0 Å². The molecule has 0 saturated carbocycles. The Bertz CT molecular complexity index is 921. The first-order chi connectivity index (χ1) is 12.8. The third-order valence-corrected chi connectivity index (χ3v) is 4.61. The molecular formula is C20H19ClN4O. The number of hydrazone groups is 1. The van der Waals surface area contributed by atoms with Crippen LogP contribution in [0, 0.1) is 0 Å². The van der Waals surface area contributed by atoms with Crippen LogP contribution in [0.3, 0.4) is 0 Å². The number of fused-ring (bicyclic) bond motifs is 1. The summed E-state index contributed by atoms with van der Waals surface area (Å²) < 4.78 is 5.39. The quantitative estimate of drug-likeness (QED) is 0.556. The number of pyridine rings is 1. The Morgan fingerprint density at radius 3 is 2.69 bits per heavy atom. The first-order valence-corrected chi connectivity index (χ1v) is 8.93. The van der Waals surface area contributed by atoms with E-state index in [1.807, 2.05) is 30.5 Å². The Kier molecular flexibility index (Phi) is 5.00. The Morgan fingerprint density at radius 1 is 1.08 bits per heavy atom. The number of benzene rings is 2. The van der Waals surface area contributed by atoms with Gasteiger partial charge in [-0.1, -0.05) is 23.7 Å². The fourth-order valence-electron chi connectivity index (χ4n) is 2.99. The molecule has 0 amide bonds. The normalized spacial score (nSPS) is 14.9. The van der Waals surface area contributed by atoms with E-state index in [4.69, 9.17) is 16.3 Å². The van der Waals surface area contributed by atoms with Crippen molar-refractivity contribution in [1.29, 1.82) is 0 Å². The number of ether oxygens (including phenoxy) is 1. The molecule has 0 bridgehead atoms. The lowest BCUT2D eigenvalue weighted by atomic mass is 10.2. The molecule has 2 heterocycles. The summed E-state index contributed by atoms with van der Waals surface area (Å²) in [5.41, 5.74) is 7.09. The zero-order chi connectivity index (χ0) is 17.8. The molecule has 0 atom stereocenters. The number of halogens is 1. The van der Waals surface area contributed by atoms with Gasteiger partial charge in [0.05, 0.1) is 30.6 Å². The monoisotopic (exact) mass is 366 g/mol. The van der Waals surface area contributed by atoms with E-state index >= 15 is 0 Å². The van der Waals surface area contributed by atoms with Gasteiger partial charge in [-0.3, -0.25) is 10.4 Å². The van der Waals surface area contributed by atoms with Gasteiger partial charge in [0.15, 0.2) is 0 Å². The van der Waals surface area contributed by atoms with Crippen LogP contribution < -0.4 is 10.3 Å². The van der Waals surface area contributed by atoms with Crippen LogP contribution in [0.1, 0.15) is 5.56 Å². The highest BCUT2D eigenvalue weighted by atomic mass is 35.5. The fraction of sp³-hybridized carbons (Fsp3) is 0.200. The molecule has 4 rings (SSSR count). The van der Waals surface area contributed by atoms with Gasteiger partial charge in [-0.05, 0) is 42.0 Å². The largest absolute Gasteiger partial charge is 0.378 e. The van der Waals surface area contributed by atoms with Crippen molar-refractivity contribution in [3.63, 3.8) is 0 Å². The highest BCUT2D eigenvalue weighted by molar-refractivity contribution is 6.31. The lowest BCUT2D eigenvalue weighted by Gasteiger charge is -2.28. The second kappa shape index (κ2) is 7.72. The van der Waals surface area contributed by atoms with E-state index in [1.54, 1.807) is 6.20 Å². The van der Waals surface area contributed by atoms with Crippen LogP contribution in [-0.2, 0) is 4.74 Å². The number of hydrogen-bond donors (Lipinski definition) is 1. The third kappa shape index (κ3) is 3.79. The Morgan fingerprint density at radius 2 is 1.88 bits per heavy atom. The molecule has 1 fully saturated rings. The molecule has 132 valence electrons. The van der Waals surface area contributed by atoms with Crippen molar-refractivity contribution in [2.45, 2.75) is 0 Å². The first kappa shape index (κ1) is 16.8. The average Bonchev–Trinajstić information content (AvgIpc) is 2.69. The second-order valence-corrected chi connectivity index (χ2v) is 6.52. The summed E-state index contributed by atoms with van der Waals surface area (Å²) in [6, 6.07) is 15.9. The van der Waals surface area contributed by atoms with Crippen molar-refractivity contribution in [2.24, 2.45) is 5.10 Å². The van der Waals surface area contributed by atoms with Crippen LogP contribution in [-0.4, -0.2) is 37.5 Å². The summed E-state index contributed by atoms with van der Waals surface area (Å²) >= 11 is 6.02. The molecule has 26 heavy (non-hydrogen) atoms. The SMILES string of the molecule is Clc1ccc2c(N/N=C\c3ccc(N4CCOCC4)cc3)ccnc2c1. The molecule has 1 N–H and O–H groups in total. The topological polar surface area (TPSA) is 49.8 Å². The number of morpholine rings is 1. The predicted molar refractivity (Wildman–Crippen MR) is 107 cm³/mol. The van der Waals surface area contributed by atoms with Crippen molar-refractivity contribution in [1.82, 2.24) is 4.98 Å². The van der Waals surface area contributed by atoms with E-state index in [-0.39, 0.29) is 0 Å². The fourth-order valence-corrected chi connectivity index (χ4v) is 3.15. The van der Waals surface area contributed by atoms with Crippen molar-refractivity contribution < 1.29 is 4.74 Å². The van der Waals surface area contributed by atoms with Crippen LogP contribution in [0.5, 0.6) is 0 Å². The van der Waals surface area contributed by atoms with Crippen LogP contribution >= 0.6 is 11.6 Å². The van der Waals surface area contributed by atoms with Crippen molar-refractivity contribution in [2.75, 3.05) is 36.6 Å². The van der Waals surface area contributed by atoms with Crippen molar-refractivity contribution in [3.8, 4) is 0 Å². The highest BCUT2D eigenvalue weighted by Gasteiger charge is 2.10. The summed E-state index contributed by atoms with van der Waals surface area (Å²) in [4.78, 5) is 6.66. The van der Waals surface area contributed by atoms with Crippen LogP contribution in [0.2, 0.25) is 5.02 Å². The van der Waals surface area contributed by atoms with E-state index in [1.165, 1.54) is 5.69 Å². The smallest absolute Gasteiger partial charge is 0.0738 e. The zero-order valence-electron chi connectivity index (χ0n) is 14.2. The molecule has 1 saturated heterocycles. The summed E-state index contributed by atoms with van der Waals surface area (Å²) in [5.74, 6) is 0. The molecule has 5 nitrogen and oxygen atoms in total. The van der Waals surface area contributed by atoms with Crippen molar-refractivity contribution in [3.05, 3.63) is 65.3 Å². The summed E-state index contributed by atoms with van der Waals surface area (Å²) in [6.45, 7) is 3.46. The van der Waals surface area contributed by atoms with E-state index < -0.39 is 0 Å². The standard InChI is InChI=1S/C20H19ClN4O/c21-16-3-6-18-19(7-8-22-20(18)13-16)24-23-14-15-1-4-17(5-2-15)25-9-11-26-12-10-25/h1-8,13-14H,9-12H2,(H,22,24)/b23-14-. The molecule has 1 aliphatic rings. The number of nitrogens with zero attached hydrogens (tertiary/aromatic N) is 3. The predicted octanol–water partition coefficient (Wildman–Crippen LogP) is 4.17. The minimum absolute atomic E-state index is 0.672. The summed E-state index contributed by atoms with van der Waals surface area (Å²) in [7, 11) is 0. The lowest BCUT2D eigenvalue weighted by Crippen LogP contribution is -2.36. The average molecular weight is 367 g/mol. The number of hydrogen-bond acceptors (Lipinski definition) is 5. The highest BCUT2D eigenvalue weighted by Crippen LogP contribution is 2.24. The Balaban J connectivity index is 1.45. The van der Waals surface area contributed by atoms with Gasteiger partial charge in [-0.2, -0.15) is 5.10 Å². The lowest BCUT2D eigenvalue weighted by molar-refractivity contribution is 0.122. The minimum atomic E-state index is 0.672. The molecule has 0 aliphatic carbocycles. The number of anilines is 2. The van der Waals surface area contributed by atoms with Gasteiger partial charge in [-0.15, -0.1) is 0 Å². The van der Waals surface area contributed by atoms with Gasteiger partial charge in [-0.25, -0.2) is 0 Å². The molecule has 1 aromatic heterocycles. The number of nitrogens with one attached hydrogen (secondary N) is 1. The zero-order valence-corrected chi connectivity index (χ0v) is 15.0. The molecule has 6 heteroatoms. The van der Waals surface area contributed by atoms with E-state index in [2.05, 4.69) is 44.7 Å². The molecular weight excluding hydrogens is 348 g/mol. The Labute approximate surface area is 157 Å². The maximum atomic E-state index is 6.02. The first-order valence-electron chi connectivity index (χ1n) is 8.56. The van der Waals surface area contributed by atoms with Gasteiger partial charge >= 0.3 is 0 Å². The van der Waals surface area contributed by atoms with E-state index in [0.29, 0.717) is 5.02 Å². The number of rotatable bonds is 4. The molecule has 1 aliphatic heterocycles. The van der Waals surface area contributed by atoms with Gasteiger partial charge < -0.3 is 9.64 Å². The van der Waals surface area contributed by atoms with Crippen molar-refractivity contribution >= 4 is 40.1 Å². The van der Waals surface area contributed by atoms with Crippen LogP contribution in [0.4, 0.5) is 11.4 Å². The van der Waals surface area contributed by atoms with Gasteiger partial charge in [0.1, 0.15) is 0 Å². The van der Waals surface area contributed by atoms with E-state index in [9.17, 15) is 0 Å². The van der Waals surface area contributed by atoms with Gasteiger partial charge in [0, 0.05) is 35.4 Å². The van der Waals surface area contributed by atoms with Crippen LogP contribution in [0.15, 0.2) is 59.8 Å². The maximum absolute atomic E-state index is 6.02. The summed E-state index contributed by atoms with van der Waals surface area (Å²) in [5, 5.41) is 6.01. The second-order valence-electron chi connectivity index (χ2n) is 6.08. The summed E-state index contributed by atoms with van der Waals surface area (Å²) in [6.07, 6.45) is 3.55. The molecule has 2 aromatic carbocycles.